The Balaban J connectivity index is 2.61. The Kier molecular flexibility index (Phi) is 5.99. The number of anilines is 1. The van der Waals surface area contributed by atoms with Gasteiger partial charge in [-0.15, -0.1) is 0 Å². The summed E-state index contributed by atoms with van der Waals surface area (Å²) in [5.41, 5.74) is 6.00. The highest BCUT2D eigenvalue weighted by Crippen LogP contribution is 2.18. The summed E-state index contributed by atoms with van der Waals surface area (Å²) < 4.78 is 5.54. The van der Waals surface area contributed by atoms with Crippen molar-refractivity contribution in [3.05, 3.63) is 24.3 Å². The number of hydrogen-bond acceptors (Lipinski definition) is 4. The lowest BCUT2D eigenvalue weighted by Crippen LogP contribution is -2.37. The molecule has 1 amide bonds. The van der Waals surface area contributed by atoms with E-state index in [1.54, 1.807) is 24.3 Å². The van der Waals surface area contributed by atoms with E-state index in [0.29, 0.717) is 24.0 Å². The molecule has 0 radical (unpaired) electrons. The van der Waals surface area contributed by atoms with Gasteiger partial charge in [-0.2, -0.15) is 0 Å². The number of hydrogen-bond donors (Lipinski definition) is 3. The van der Waals surface area contributed by atoms with E-state index in [1.807, 2.05) is 13.8 Å². The normalized spacial score (nSPS) is 12.0. The number of carbonyl (C=O) groups is 2. The van der Waals surface area contributed by atoms with Crippen molar-refractivity contribution < 1.29 is 19.4 Å². The molecule has 1 rings (SSSR count). The molecule has 0 bridgehead atoms. The molecule has 110 valence electrons. The van der Waals surface area contributed by atoms with E-state index in [1.165, 1.54) is 0 Å². The smallest absolute Gasteiger partial charge is 0.305 e. The Morgan fingerprint density at radius 3 is 2.70 bits per heavy atom. The summed E-state index contributed by atoms with van der Waals surface area (Å²) >= 11 is 0. The van der Waals surface area contributed by atoms with Crippen molar-refractivity contribution in [2.45, 2.75) is 26.3 Å². The Hall–Kier alpha value is -2.08. The summed E-state index contributed by atoms with van der Waals surface area (Å²) in [6.07, 6.45) is -0.407. The van der Waals surface area contributed by atoms with Gasteiger partial charge < -0.3 is 20.9 Å². The fraction of sp³-hybridized carbons (Fsp3) is 0.429. The molecule has 0 aliphatic heterocycles. The first-order valence-electron chi connectivity index (χ1n) is 6.39. The fourth-order valence-electron chi connectivity index (χ4n) is 1.44. The van der Waals surface area contributed by atoms with Gasteiger partial charge in [0.2, 0.25) is 5.91 Å². The van der Waals surface area contributed by atoms with E-state index in [2.05, 4.69) is 5.32 Å². The molecule has 4 N–H and O–H groups in total. The third-order valence-corrected chi connectivity index (χ3v) is 2.42. The zero-order valence-corrected chi connectivity index (χ0v) is 11.6. The monoisotopic (exact) mass is 280 g/mol. The van der Waals surface area contributed by atoms with Crippen LogP contribution in [0.1, 0.15) is 20.3 Å². The number of ether oxygens (including phenoxy) is 1. The van der Waals surface area contributed by atoms with Gasteiger partial charge in [0, 0.05) is 11.8 Å². The van der Waals surface area contributed by atoms with Crippen molar-refractivity contribution in [1.29, 1.82) is 0 Å². The molecule has 0 saturated heterocycles. The van der Waals surface area contributed by atoms with Gasteiger partial charge in [-0.05, 0) is 18.1 Å². The summed E-state index contributed by atoms with van der Waals surface area (Å²) in [4.78, 5) is 22.2. The van der Waals surface area contributed by atoms with Gasteiger partial charge in [0.25, 0.3) is 0 Å². The number of amides is 1. The number of nitrogens with one attached hydrogen (secondary N) is 1. The van der Waals surface area contributed by atoms with Crippen molar-refractivity contribution in [2.24, 2.45) is 11.7 Å². The van der Waals surface area contributed by atoms with Crippen LogP contribution in [0.4, 0.5) is 5.69 Å². The van der Waals surface area contributed by atoms with Crippen molar-refractivity contribution in [3.63, 3.8) is 0 Å². The predicted octanol–water partition coefficient (Wildman–Crippen LogP) is 1.46. The van der Waals surface area contributed by atoms with Gasteiger partial charge in [0.1, 0.15) is 5.75 Å². The van der Waals surface area contributed by atoms with E-state index < -0.39 is 24.3 Å². The SMILES string of the molecule is CC(C)COc1cccc(NC(=O)C(N)CC(=O)O)c1. The van der Waals surface area contributed by atoms with Crippen LogP contribution < -0.4 is 15.8 Å². The zero-order chi connectivity index (χ0) is 15.1. The standard InChI is InChI=1S/C14H20N2O4/c1-9(2)8-20-11-5-3-4-10(6-11)16-14(19)12(15)7-13(17)18/h3-6,9,12H,7-8,15H2,1-2H3,(H,16,19)(H,17,18). The molecule has 1 aromatic carbocycles. The third kappa shape index (κ3) is 5.71. The summed E-state index contributed by atoms with van der Waals surface area (Å²) in [6.45, 7) is 4.66. The minimum atomic E-state index is -1.11. The molecule has 0 aliphatic carbocycles. The molecule has 6 heteroatoms. The van der Waals surface area contributed by atoms with E-state index in [-0.39, 0.29) is 0 Å². The molecule has 1 aromatic rings. The highest BCUT2D eigenvalue weighted by molar-refractivity contribution is 5.96. The van der Waals surface area contributed by atoms with Crippen molar-refractivity contribution >= 4 is 17.6 Å². The summed E-state index contributed by atoms with van der Waals surface area (Å²) in [5.74, 6) is -0.601. The minimum Gasteiger partial charge on any atom is -0.493 e. The number of benzene rings is 1. The van der Waals surface area contributed by atoms with Gasteiger partial charge in [-0.25, -0.2) is 0 Å². The first kappa shape index (κ1) is 16.0. The lowest BCUT2D eigenvalue weighted by atomic mass is 10.2. The summed E-state index contributed by atoms with van der Waals surface area (Å²) in [5, 5.41) is 11.2. The zero-order valence-electron chi connectivity index (χ0n) is 11.6. The highest BCUT2D eigenvalue weighted by atomic mass is 16.5. The Bertz CT molecular complexity index is 474. The van der Waals surface area contributed by atoms with Crippen LogP contribution >= 0.6 is 0 Å². The molecule has 0 heterocycles. The molecule has 0 fully saturated rings. The number of nitrogens with two attached hydrogens (primary N) is 1. The lowest BCUT2D eigenvalue weighted by Gasteiger charge is -2.12. The molecular weight excluding hydrogens is 260 g/mol. The molecular formula is C14H20N2O4. The van der Waals surface area contributed by atoms with Crippen LogP contribution in [0.3, 0.4) is 0 Å². The molecule has 0 spiro atoms. The van der Waals surface area contributed by atoms with Gasteiger partial charge in [0.05, 0.1) is 19.1 Å². The molecule has 0 aromatic heterocycles. The van der Waals surface area contributed by atoms with Crippen LogP contribution in [0.5, 0.6) is 5.75 Å². The highest BCUT2D eigenvalue weighted by Gasteiger charge is 2.17. The summed E-state index contributed by atoms with van der Waals surface area (Å²) in [6, 6.07) is 5.82. The Morgan fingerprint density at radius 1 is 1.40 bits per heavy atom. The van der Waals surface area contributed by atoms with Crippen LogP contribution in [0.15, 0.2) is 24.3 Å². The third-order valence-electron chi connectivity index (χ3n) is 2.42. The second-order valence-electron chi connectivity index (χ2n) is 4.93. The maximum absolute atomic E-state index is 11.7. The largest absolute Gasteiger partial charge is 0.493 e. The van der Waals surface area contributed by atoms with Crippen LogP contribution in [0.2, 0.25) is 0 Å². The Labute approximate surface area is 117 Å². The maximum Gasteiger partial charge on any atom is 0.305 e. The molecule has 0 saturated carbocycles. The molecule has 20 heavy (non-hydrogen) atoms. The second-order valence-corrected chi connectivity index (χ2v) is 4.93. The van der Waals surface area contributed by atoms with Crippen LogP contribution in [0, 0.1) is 5.92 Å². The van der Waals surface area contributed by atoms with Crippen LogP contribution in [-0.2, 0) is 9.59 Å². The second kappa shape index (κ2) is 7.49. The van der Waals surface area contributed by atoms with Crippen molar-refractivity contribution in [2.75, 3.05) is 11.9 Å². The fourth-order valence-corrected chi connectivity index (χ4v) is 1.44. The maximum atomic E-state index is 11.7. The van der Waals surface area contributed by atoms with E-state index in [0.717, 1.165) is 0 Å². The first-order chi connectivity index (χ1) is 9.38. The van der Waals surface area contributed by atoms with Gasteiger partial charge in [-0.3, -0.25) is 9.59 Å². The minimum absolute atomic E-state index is 0.400. The van der Waals surface area contributed by atoms with E-state index >= 15 is 0 Å². The van der Waals surface area contributed by atoms with Crippen molar-refractivity contribution in [3.8, 4) is 5.75 Å². The van der Waals surface area contributed by atoms with Crippen LogP contribution in [-0.4, -0.2) is 29.6 Å². The molecule has 0 aliphatic rings. The van der Waals surface area contributed by atoms with Gasteiger partial charge >= 0.3 is 5.97 Å². The number of aliphatic carboxylic acids is 1. The van der Waals surface area contributed by atoms with Gasteiger partial charge in [-0.1, -0.05) is 19.9 Å². The Morgan fingerprint density at radius 2 is 2.10 bits per heavy atom. The number of rotatable bonds is 7. The molecule has 1 unspecified atom stereocenters. The first-order valence-corrected chi connectivity index (χ1v) is 6.39. The lowest BCUT2D eigenvalue weighted by molar-refractivity contribution is -0.138. The molecule has 6 nitrogen and oxygen atoms in total. The summed E-state index contributed by atoms with van der Waals surface area (Å²) in [7, 11) is 0. The van der Waals surface area contributed by atoms with Crippen molar-refractivity contribution in [1.82, 2.24) is 0 Å². The molecule has 1 atom stereocenters. The number of carboxylic acids is 1. The number of carboxylic acid groups (broad SMARTS) is 1. The average Bonchev–Trinajstić information content (AvgIpc) is 2.36. The topological polar surface area (TPSA) is 102 Å². The van der Waals surface area contributed by atoms with Gasteiger partial charge in [0.15, 0.2) is 0 Å². The predicted molar refractivity (Wildman–Crippen MR) is 75.6 cm³/mol. The average molecular weight is 280 g/mol. The number of carbonyl (C=O) groups excluding carboxylic acids is 1. The van der Waals surface area contributed by atoms with Crippen LogP contribution in [0.25, 0.3) is 0 Å². The van der Waals surface area contributed by atoms with E-state index in [9.17, 15) is 9.59 Å². The quantitative estimate of drug-likeness (QED) is 0.702. The van der Waals surface area contributed by atoms with E-state index in [4.69, 9.17) is 15.6 Å².